The number of nitrogens with one attached hydrogen (secondary N) is 1. The molecule has 0 aromatic heterocycles. The van der Waals surface area contributed by atoms with Gasteiger partial charge in [-0.3, -0.25) is 4.79 Å². The number of halogens is 1. The van der Waals surface area contributed by atoms with Crippen molar-refractivity contribution in [3.63, 3.8) is 0 Å². The zero-order chi connectivity index (χ0) is 16.8. The van der Waals surface area contributed by atoms with Gasteiger partial charge in [-0.05, 0) is 61.2 Å². The Morgan fingerprint density at radius 3 is 2.39 bits per heavy atom. The van der Waals surface area contributed by atoms with E-state index >= 15 is 0 Å². The van der Waals surface area contributed by atoms with Crippen molar-refractivity contribution in [1.29, 1.82) is 0 Å². The van der Waals surface area contributed by atoms with Crippen LogP contribution in [-0.2, 0) is 11.2 Å². The second-order valence-electron chi connectivity index (χ2n) is 5.70. The zero-order valence-corrected chi connectivity index (χ0v) is 13.8. The Morgan fingerprint density at radius 2 is 1.70 bits per heavy atom. The van der Waals surface area contributed by atoms with Crippen LogP contribution < -0.4 is 10.1 Å². The molecule has 0 saturated heterocycles. The SMILES string of the molecule is Cc1cc(C)c(OCCNC(=O)Cc2ccc(F)cc2)cc1C. The molecule has 2 rings (SSSR count). The van der Waals surface area contributed by atoms with Crippen molar-refractivity contribution in [3.05, 3.63) is 64.5 Å². The summed E-state index contributed by atoms with van der Waals surface area (Å²) in [6.45, 7) is 6.98. The van der Waals surface area contributed by atoms with Gasteiger partial charge in [-0.2, -0.15) is 0 Å². The third kappa shape index (κ3) is 5.09. The molecule has 0 atom stereocenters. The molecule has 0 bridgehead atoms. The van der Waals surface area contributed by atoms with Gasteiger partial charge in [0.1, 0.15) is 18.2 Å². The Balaban J connectivity index is 1.76. The van der Waals surface area contributed by atoms with E-state index in [2.05, 4.69) is 18.3 Å². The minimum Gasteiger partial charge on any atom is -0.491 e. The molecular formula is C19H22FNO2. The minimum atomic E-state index is -0.300. The molecule has 0 aliphatic carbocycles. The van der Waals surface area contributed by atoms with E-state index in [1.165, 1.54) is 23.3 Å². The Kier molecular flexibility index (Phi) is 5.74. The molecule has 0 radical (unpaired) electrons. The fourth-order valence-electron chi connectivity index (χ4n) is 2.29. The fourth-order valence-corrected chi connectivity index (χ4v) is 2.29. The van der Waals surface area contributed by atoms with Crippen LogP contribution in [0.5, 0.6) is 5.75 Å². The van der Waals surface area contributed by atoms with Crippen LogP contribution in [0.2, 0.25) is 0 Å². The lowest BCUT2D eigenvalue weighted by atomic mass is 10.1. The summed E-state index contributed by atoms with van der Waals surface area (Å²) in [6, 6.07) is 10.1. The lowest BCUT2D eigenvalue weighted by Crippen LogP contribution is -2.29. The summed E-state index contributed by atoms with van der Waals surface area (Å²) in [4.78, 5) is 11.8. The van der Waals surface area contributed by atoms with E-state index in [4.69, 9.17) is 4.74 Å². The monoisotopic (exact) mass is 315 g/mol. The molecule has 23 heavy (non-hydrogen) atoms. The highest BCUT2D eigenvalue weighted by Crippen LogP contribution is 2.22. The molecule has 0 aliphatic rings. The maximum absolute atomic E-state index is 12.8. The molecule has 0 spiro atoms. The minimum absolute atomic E-state index is 0.1000. The number of aryl methyl sites for hydroxylation is 3. The van der Waals surface area contributed by atoms with E-state index in [1.807, 2.05) is 19.9 Å². The average molecular weight is 315 g/mol. The third-order valence-electron chi connectivity index (χ3n) is 3.75. The second kappa shape index (κ2) is 7.77. The van der Waals surface area contributed by atoms with E-state index in [0.717, 1.165) is 16.9 Å². The third-order valence-corrected chi connectivity index (χ3v) is 3.75. The lowest BCUT2D eigenvalue weighted by Gasteiger charge is -2.12. The number of hydrogen-bond donors (Lipinski definition) is 1. The summed E-state index contributed by atoms with van der Waals surface area (Å²) in [6.07, 6.45) is 0.239. The van der Waals surface area contributed by atoms with Gasteiger partial charge in [0.05, 0.1) is 13.0 Å². The first kappa shape index (κ1) is 17.0. The standard InChI is InChI=1S/C19H22FNO2/c1-13-10-15(3)18(11-14(13)2)23-9-8-21-19(22)12-16-4-6-17(20)7-5-16/h4-7,10-11H,8-9,12H2,1-3H3,(H,21,22). The first-order valence-corrected chi connectivity index (χ1v) is 7.67. The normalized spacial score (nSPS) is 10.4. The predicted molar refractivity (Wildman–Crippen MR) is 89.3 cm³/mol. The summed E-state index contributed by atoms with van der Waals surface area (Å²) < 4.78 is 18.5. The van der Waals surface area contributed by atoms with Crippen LogP contribution in [0.25, 0.3) is 0 Å². The van der Waals surface area contributed by atoms with Gasteiger partial charge in [0.15, 0.2) is 0 Å². The molecule has 1 N–H and O–H groups in total. The Bertz CT molecular complexity index is 681. The van der Waals surface area contributed by atoms with Gasteiger partial charge in [-0.25, -0.2) is 4.39 Å². The molecule has 3 nitrogen and oxygen atoms in total. The Hall–Kier alpha value is -2.36. The molecule has 0 heterocycles. The highest BCUT2D eigenvalue weighted by molar-refractivity contribution is 5.78. The van der Waals surface area contributed by atoms with Gasteiger partial charge < -0.3 is 10.1 Å². The molecule has 4 heteroatoms. The highest BCUT2D eigenvalue weighted by atomic mass is 19.1. The smallest absolute Gasteiger partial charge is 0.224 e. The highest BCUT2D eigenvalue weighted by Gasteiger charge is 2.05. The van der Waals surface area contributed by atoms with Crippen LogP contribution in [0.15, 0.2) is 36.4 Å². The zero-order valence-electron chi connectivity index (χ0n) is 13.8. The molecule has 1 amide bonds. The number of amides is 1. The topological polar surface area (TPSA) is 38.3 Å². The van der Waals surface area contributed by atoms with Crippen LogP contribution in [0, 0.1) is 26.6 Å². The quantitative estimate of drug-likeness (QED) is 0.829. The molecule has 0 saturated carbocycles. The number of hydrogen-bond acceptors (Lipinski definition) is 2. The maximum Gasteiger partial charge on any atom is 0.224 e. The molecule has 122 valence electrons. The van der Waals surface area contributed by atoms with Crippen LogP contribution >= 0.6 is 0 Å². The van der Waals surface area contributed by atoms with Gasteiger partial charge in [-0.1, -0.05) is 18.2 Å². The summed E-state index contributed by atoms with van der Waals surface area (Å²) in [5.74, 6) is 0.448. The predicted octanol–water partition coefficient (Wildman–Crippen LogP) is 3.49. The summed E-state index contributed by atoms with van der Waals surface area (Å²) >= 11 is 0. The molecular weight excluding hydrogens is 293 g/mol. The van der Waals surface area contributed by atoms with E-state index in [9.17, 15) is 9.18 Å². The van der Waals surface area contributed by atoms with Crippen molar-refractivity contribution in [2.75, 3.05) is 13.2 Å². The van der Waals surface area contributed by atoms with Crippen LogP contribution in [0.3, 0.4) is 0 Å². The van der Waals surface area contributed by atoms with Gasteiger partial charge in [0.2, 0.25) is 5.91 Å². The average Bonchev–Trinajstić information content (AvgIpc) is 2.51. The largest absolute Gasteiger partial charge is 0.491 e. The van der Waals surface area contributed by atoms with Crippen molar-refractivity contribution in [3.8, 4) is 5.75 Å². The molecule has 0 unspecified atom stereocenters. The van der Waals surface area contributed by atoms with E-state index in [-0.39, 0.29) is 18.1 Å². The van der Waals surface area contributed by atoms with Crippen molar-refractivity contribution in [2.45, 2.75) is 27.2 Å². The van der Waals surface area contributed by atoms with Crippen molar-refractivity contribution in [2.24, 2.45) is 0 Å². The van der Waals surface area contributed by atoms with Crippen LogP contribution in [0.4, 0.5) is 4.39 Å². The van der Waals surface area contributed by atoms with Gasteiger partial charge in [0, 0.05) is 0 Å². The van der Waals surface area contributed by atoms with Crippen LogP contribution in [-0.4, -0.2) is 19.1 Å². The number of carbonyl (C=O) groups excluding carboxylic acids is 1. The lowest BCUT2D eigenvalue weighted by molar-refractivity contribution is -0.120. The summed E-state index contributed by atoms with van der Waals surface area (Å²) in [5, 5.41) is 2.80. The summed E-state index contributed by atoms with van der Waals surface area (Å²) in [5.41, 5.74) is 4.30. The van der Waals surface area contributed by atoms with Crippen molar-refractivity contribution < 1.29 is 13.9 Å². The first-order valence-electron chi connectivity index (χ1n) is 7.67. The fraction of sp³-hybridized carbons (Fsp3) is 0.316. The van der Waals surface area contributed by atoms with Gasteiger partial charge in [-0.15, -0.1) is 0 Å². The number of benzene rings is 2. The van der Waals surface area contributed by atoms with Crippen LogP contribution in [0.1, 0.15) is 22.3 Å². The summed E-state index contributed by atoms with van der Waals surface area (Å²) in [7, 11) is 0. The van der Waals surface area contributed by atoms with E-state index in [0.29, 0.717) is 13.2 Å². The number of ether oxygens (including phenoxy) is 1. The maximum atomic E-state index is 12.8. The second-order valence-corrected chi connectivity index (χ2v) is 5.70. The molecule has 2 aromatic carbocycles. The molecule has 0 aliphatic heterocycles. The molecule has 2 aromatic rings. The first-order chi connectivity index (χ1) is 11.0. The molecule has 0 fully saturated rings. The Labute approximate surface area is 136 Å². The van der Waals surface area contributed by atoms with Crippen molar-refractivity contribution in [1.82, 2.24) is 5.32 Å². The van der Waals surface area contributed by atoms with Crippen molar-refractivity contribution >= 4 is 5.91 Å². The van der Waals surface area contributed by atoms with E-state index < -0.39 is 0 Å². The number of rotatable bonds is 6. The van der Waals surface area contributed by atoms with Gasteiger partial charge >= 0.3 is 0 Å². The number of carbonyl (C=O) groups is 1. The Morgan fingerprint density at radius 1 is 1.04 bits per heavy atom. The van der Waals surface area contributed by atoms with E-state index in [1.54, 1.807) is 12.1 Å². The van der Waals surface area contributed by atoms with Gasteiger partial charge in [0.25, 0.3) is 0 Å².